The van der Waals surface area contributed by atoms with Crippen LogP contribution in [-0.2, 0) is 16.0 Å². The molecule has 0 saturated carbocycles. The normalized spacial score (nSPS) is 19.3. The summed E-state index contributed by atoms with van der Waals surface area (Å²) in [6.07, 6.45) is 2.20. The molecule has 5 heteroatoms. The summed E-state index contributed by atoms with van der Waals surface area (Å²) in [5.74, 6) is 0.787. The number of nitrogens with one attached hydrogen (secondary N) is 1. The van der Waals surface area contributed by atoms with Crippen LogP contribution in [0.2, 0.25) is 0 Å². The summed E-state index contributed by atoms with van der Waals surface area (Å²) in [5, 5.41) is 2.95. The largest absolute Gasteiger partial charge is 0.492 e. The highest BCUT2D eigenvalue weighted by Gasteiger charge is 2.26. The number of hydrogen-bond acceptors (Lipinski definition) is 3. The number of hydrogen-bond donors (Lipinski definition) is 1. The number of nitrogens with zero attached hydrogens (tertiary/aromatic N) is 1. The van der Waals surface area contributed by atoms with Crippen molar-refractivity contribution in [3.8, 4) is 5.75 Å². The molecule has 5 nitrogen and oxygen atoms in total. The molecule has 2 heterocycles. The van der Waals surface area contributed by atoms with E-state index in [1.54, 1.807) is 4.90 Å². The molecule has 0 aromatic heterocycles. The minimum atomic E-state index is -0.199. The maximum absolute atomic E-state index is 12.5. The first kappa shape index (κ1) is 15.7. The predicted molar refractivity (Wildman–Crippen MR) is 95.8 cm³/mol. The number of anilines is 2. The molecule has 2 aliphatic heterocycles. The van der Waals surface area contributed by atoms with Crippen LogP contribution in [0.25, 0.3) is 0 Å². The first-order valence-corrected chi connectivity index (χ1v) is 8.63. The molecule has 2 aliphatic rings. The minimum Gasteiger partial charge on any atom is -0.492 e. The quantitative estimate of drug-likeness (QED) is 0.937. The van der Waals surface area contributed by atoms with Gasteiger partial charge in [0.2, 0.25) is 11.8 Å². The Morgan fingerprint density at radius 1 is 1.12 bits per heavy atom. The van der Waals surface area contributed by atoms with Crippen LogP contribution in [0.5, 0.6) is 5.75 Å². The Labute approximate surface area is 146 Å². The fourth-order valence-corrected chi connectivity index (χ4v) is 3.39. The third-order valence-corrected chi connectivity index (χ3v) is 4.77. The van der Waals surface area contributed by atoms with Crippen LogP contribution in [0, 0.1) is 5.92 Å². The second-order valence-electron chi connectivity index (χ2n) is 6.50. The van der Waals surface area contributed by atoms with Crippen LogP contribution in [0.3, 0.4) is 0 Å². The van der Waals surface area contributed by atoms with Gasteiger partial charge in [-0.3, -0.25) is 9.59 Å². The Bertz CT molecular complexity index is 801. The zero-order valence-electron chi connectivity index (χ0n) is 13.9. The Morgan fingerprint density at radius 3 is 2.68 bits per heavy atom. The molecule has 25 heavy (non-hydrogen) atoms. The van der Waals surface area contributed by atoms with E-state index in [4.69, 9.17) is 4.74 Å². The Hall–Kier alpha value is -2.82. The molecule has 0 spiro atoms. The smallest absolute Gasteiger partial charge is 0.231 e. The number of rotatable bonds is 3. The first-order chi connectivity index (χ1) is 12.2. The van der Waals surface area contributed by atoms with Gasteiger partial charge in [0.05, 0.1) is 5.92 Å². The van der Waals surface area contributed by atoms with Crippen LogP contribution < -0.4 is 15.0 Å². The molecule has 2 aromatic carbocycles. The van der Waals surface area contributed by atoms with Gasteiger partial charge in [0.25, 0.3) is 0 Å². The SMILES string of the molecule is O=C(Nc1ccc(N2CCCC2=O)cc1)C1COc2ccccc2C1. The fourth-order valence-electron chi connectivity index (χ4n) is 3.39. The van der Waals surface area contributed by atoms with Gasteiger partial charge in [-0.25, -0.2) is 0 Å². The van der Waals surface area contributed by atoms with E-state index in [0.717, 1.165) is 35.7 Å². The lowest BCUT2D eigenvalue weighted by molar-refractivity contribution is -0.121. The van der Waals surface area contributed by atoms with Crippen molar-refractivity contribution in [2.24, 2.45) is 5.92 Å². The van der Waals surface area contributed by atoms with Crippen molar-refractivity contribution in [1.82, 2.24) is 0 Å². The summed E-state index contributed by atoms with van der Waals surface area (Å²) in [6, 6.07) is 15.3. The van der Waals surface area contributed by atoms with Gasteiger partial charge < -0.3 is 15.0 Å². The molecular formula is C20H20N2O3. The van der Waals surface area contributed by atoms with Crippen LogP contribution in [-0.4, -0.2) is 25.0 Å². The summed E-state index contributed by atoms with van der Waals surface area (Å²) in [5.41, 5.74) is 2.69. The molecule has 1 fully saturated rings. The number of para-hydroxylation sites is 1. The van der Waals surface area contributed by atoms with Crippen molar-refractivity contribution in [3.05, 3.63) is 54.1 Å². The lowest BCUT2D eigenvalue weighted by Crippen LogP contribution is -2.32. The lowest BCUT2D eigenvalue weighted by atomic mass is 9.96. The van der Waals surface area contributed by atoms with E-state index < -0.39 is 0 Å². The highest BCUT2D eigenvalue weighted by molar-refractivity contribution is 5.96. The number of carbonyl (C=O) groups excluding carboxylic acids is 2. The molecule has 0 radical (unpaired) electrons. The molecule has 2 aromatic rings. The highest BCUT2D eigenvalue weighted by atomic mass is 16.5. The molecule has 1 unspecified atom stereocenters. The van der Waals surface area contributed by atoms with Crippen LogP contribution >= 0.6 is 0 Å². The number of amides is 2. The minimum absolute atomic E-state index is 0.0421. The summed E-state index contributed by atoms with van der Waals surface area (Å²) in [6.45, 7) is 1.16. The van der Waals surface area contributed by atoms with Gasteiger partial charge in [-0.1, -0.05) is 18.2 Å². The van der Waals surface area contributed by atoms with E-state index in [9.17, 15) is 9.59 Å². The van der Waals surface area contributed by atoms with Gasteiger partial charge >= 0.3 is 0 Å². The summed E-state index contributed by atoms with van der Waals surface area (Å²) in [4.78, 5) is 26.1. The predicted octanol–water partition coefficient (Wildman–Crippen LogP) is 3.00. The van der Waals surface area contributed by atoms with Gasteiger partial charge in [0.1, 0.15) is 12.4 Å². The maximum Gasteiger partial charge on any atom is 0.231 e. The summed E-state index contributed by atoms with van der Waals surface area (Å²) in [7, 11) is 0. The number of ether oxygens (including phenoxy) is 1. The van der Waals surface area contributed by atoms with Gasteiger partial charge in [0.15, 0.2) is 0 Å². The number of fused-ring (bicyclic) bond motifs is 1. The second kappa shape index (κ2) is 6.59. The zero-order valence-corrected chi connectivity index (χ0v) is 13.9. The molecule has 4 rings (SSSR count). The van der Waals surface area contributed by atoms with E-state index in [2.05, 4.69) is 5.32 Å². The Kier molecular flexibility index (Phi) is 4.14. The van der Waals surface area contributed by atoms with E-state index in [1.165, 1.54) is 0 Å². The third kappa shape index (κ3) is 3.22. The first-order valence-electron chi connectivity index (χ1n) is 8.63. The van der Waals surface area contributed by atoms with Crippen molar-refractivity contribution in [2.45, 2.75) is 19.3 Å². The van der Waals surface area contributed by atoms with E-state index in [0.29, 0.717) is 19.4 Å². The standard InChI is InChI=1S/C20H20N2O3/c23-19-6-3-11-22(19)17-9-7-16(8-10-17)21-20(24)15-12-14-4-1-2-5-18(14)25-13-15/h1-2,4-5,7-10,15H,3,6,11-13H2,(H,21,24). The van der Waals surface area contributed by atoms with Crippen molar-refractivity contribution >= 4 is 23.2 Å². The molecular weight excluding hydrogens is 316 g/mol. The van der Waals surface area contributed by atoms with Crippen molar-refractivity contribution in [1.29, 1.82) is 0 Å². The van der Waals surface area contributed by atoms with Crippen LogP contribution in [0.1, 0.15) is 18.4 Å². The number of benzene rings is 2. The van der Waals surface area contributed by atoms with Gasteiger partial charge in [-0.15, -0.1) is 0 Å². The second-order valence-corrected chi connectivity index (χ2v) is 6.50. The van der Waals surface area contributed by atoms with Crippen LogP contribution in [0.4, 0.5) is 11.4 Å². The van der Waals surface area contributed by atoms with E-state index in [-0.39, 0.29) is 17.7 Å². The van der Waals surface area contributed by atoms with Gasteiger partial charge in [0, 0.05) is 24.3 Å². The molecule has 0 bridgehead atoms. The molecule has 0 aliphatic carbocycles. The fraction of sp³-hybridized carbons (Fsp3) is 0.300. The topological polar surface area (TPSA) is 58.6 Å². The third-order valence-electron chi connectivity index (χ3n) is 4.77. The lowest BCUT2D eigenvalue weighted by Gasteiger charge is -2.24. The maximum atomic E-state index is 12.5. The van der Waals surface area contributed by atoms with Crippen molar-refractivity contribution < 1.29 is 14.3 Å². The highest BCUT2D eigenvalue weighted by Crippen LogP contribution is 2.28. The van der Waals surface area contributed by atoms with Gasteiger partial charge in [-0.2, -0.15) is 0 Å². The zero-order chi connectivity index (χ0) is 17.2. The summed E-state index contributed by atoms with van der Waals surface area (Å²) >= 11 is 0. The summed E-state index contributed by atoms with van der Waals surface area (Å²) < 4.78 is 5.69. The van der Waals surface area contributed by atoms with E-state index >= 15 is 0 Å². The molecule has 128 valence electrons. The van der Waals surface area contributed by atoms with E-state index in [1.807, 2.05) is 48.5 Å². The monoisotopic (exact) mass is 336 g/mol. The van der Waals surface area contributed by atoms with Crippen LogP contribution in [0.15, 0.2) is 48.5 Å². The molecule has 1 atom stereocenters. The molecule has 1 N–H and O–H groups in total. The van der Waals surface area contributed by atoms with Crippen molar-refractivity contribution in [2.75, 3.05) is 23.4 Å². The average Bonchev–Trinajstić information content (AvgIpc) is 3.08. The molecule has 2 amide bonds. The Balaban J connectivity index is 1.40. The molecule has 1 saturated heterocycles. The number of carbonyl (C=O) groups is 2. The van der Waals surface area contributed by atoms with Gasteiger partial charge in [-0.05, 0) is 48.7 Å². The van der Waals surface area contributed by atoms with Crippen molar-refractivity contribution in [3.63, 3.8) is 0 Å². The average molecular weight is 336 g/mol. The Morgan fingerprint density at radius 2 is 1.92 bits per heavy atom.